The third-order valence-electron chi connectivity index (χ3n) is 7.15. The number of carbonyl (C=O) groups is 1. The number of methoxy groups -OCH3 is 1. The molecule has 1 aromatic carbocycles. The van der Waals surface area contributed by atoms with Crippen LogP contribution in [0.2, 0.25) is 0 Å². The minimum Gasteiger partial charge on any atom is -0.497 e. The van der Waals surface area contributed by atoms with Gasteiger partial charge in [0.05, 0.1) is 32.4 Å². The number of halogens is 3. The predicted molar refractivity (Wildman–Crippen MR) is 142 cm³/mol. The van der Waals surface area contributed by atoms with E-state index in [0.29, 0.717) is 73.0 Å². The molecule has 13 heteroatoms. The Morgan fingerprint density at radius 2 is 1.71 bits per heavy atom. The van der Waals surface area contributed by atoms with Crippen LogP contribution in [0.5, 0.6) is 29.1 Å². The van der Waals surface area contributed by atoms with Crippen LogP contribution in [0.25, 0.3) is 11.1 Å². The second kappa shape index (κ2) is 12.7. The fourth-order valence-corrected chi connectivity index (χ4v) is 5.09. The second-order valence-corrected chi connectivity index (χ2v) is 10.1. The van der Waals surface area contributed by atoms with Gasteiger partial charge in [-0.25, -0.2) is 15.0 Å². The van der Waals surface area contributed by atoms with Gasteiger partial charge in [-0.05, 0) is 44.2 Å². The van der Waals surface area contributed by atoms with Crippen molar-refractivity contribution in [3.05, 3.63) is 48.4 Å². The highest BCUT2D eigenvalue weighted by Gasteiger charge is 2.30. The topological polar surface area (TPSA) is 122 Å². The Morgan fingerprint density at radius 1 is 1.00 bits per heavy atom. The summed E-state index contributed by atoms with van der Waals surface area (Å²) in [6.07, 6.45) is 3.17. The number of aliphatic carboxylic acids is 1. The Morgan fingerprint density at radius 3 is 2.38 bits per heavy atom. The van der Waals surface area contributed by atoms with Crippen LogP contribution in [-0.2, 0) is 4.79 Å². The first-order valence-corrected chi connectivity index (χ1v) is 13.5. The van der Waals surface area contributed by atoms with Crippen LogP contribution in [0, 0.1) is 0 Å². The SMILES string of the molecule is COc1ccc(-c2cnc(OCC(F)(F)F)nc2)c(O[C@H]2CC[C@H](Oc3cc4c(cn3)OCCC4CC(=O)O)CC2)c1. The molecule has 0 saturated heterocycles. The molecule has 3 heterocycles. The molecule has 224 valence electrons. The summed E-state index contributed by atoms with van der Waals surface area (Å²) in [5, 5.41) is 9.27. The third-order valence-corrected chi connectivity index (χ3v) is 7.15. The number of aromatic nitrogens is 3. The van der Waals surface area contributed by atoms with Gasteiger partial charge in [0.25, 0.3) is 0 Å². The van der Waals surface area contributed by atoms with E-state index in [2.05, 4.69) is 19.7 Å². The Hall–Kier alpha value is -4.29. The summed E-state index contributed by atoms with van der Waals surface area (Å²) in [5.41, 5.74) is 2.01. The van der Waals surface area contributed by atoms with E-state index < -0.39 is 18.8 Å². The molecular weight excluding hydrogens is 559 g/mol. The summed E-state index contributed by atoms with van der Waals surface area (Å²) in [4.78, 5) is 23.5. The van der Waals surface area contributed by atoms with Crippen molar-refractivity contribution < 1.29 is 46.8 Å². The smallest absolute Gasteiger partial charge is 0.422 e. The molecular formula is C29H30F3N3O7. The summed E-state index contributed by atoms with van der Waals surface area (Å²) in [5.74, 6) is 1.15. The maximum absolute atomic E-state index is 12.4. The number of fused-ring (bicyclic) bond motifs is 1. The molecule has 2 aliphatic rings. The van der Waals surface area contributed by atoms with Crippen LogP contribution in [0.1, 0.15) is 50.0 Å². The van der Waals surface area contributed by atoms with Gasteiger partial charge in [0, 0.05) is 47.1 Å². The zero-order chi connectivity index (χ0) is 29.7. The van der Waals surface area contributed by atoms with Crippen LogP contribution in [0.15, 0.2) is 42.9 Å². The predicted octanol–water partition coefficient (Wildman–Crippen LogP) is 5.60. The molecule has 0 bridgehead atoms. The van der Waals surface area contributed by atoms with E-state index in [1.54, 1.807) is 37.6 Å². The lowest BCUT2D eigenvalue weighted by Gasteiger charge is -2.30. The number of rotatable bonds is 10. The average molecular weight is 590 g/mol. The maximum atomic E-state index is 12.4. The zero-order valence-corrected chi connectivity index (χ0v) is 22.8. The number of nitrogens with zero attached hydrogens (tertiary/aromatic N) is 3. The van der Waals surface area contributed by atoms with Gasteiger partial charge in [-0.2, -0.15) is 13.2 Å². The first kappa shape index (κ1) is 29.2. The molecule has 1 N–H and O–H groups in total. The van der Waals surface area contributed by atoms with Crippen molar-refractivity contribution in [3.63, 3.8) is 0 Å². The van der Waals surface area contributed by atoms with Crippen molar-refractivity contribution >= 4 is 5.97 Å². The minimum absolute atomic E-state index is 0.0244. The summed E-state index contributed by atoms with van der Waals surface area (Å²) < 4.78 is 65.5. The molecule has 0 spiro atoms. The fraction of sp³-hybridized carbons (Fsp3) is 0.448. The van der Waals surface area contributed by atoms with E-state index in [1.165, 1.54) is 12.4 Å². The highest BCUT2D eigenvalue weighted by Crippen LogP contribution is 2.39. The third kappa shape index (κ3) is 7.51. The quantitative estimate of drug-likeness (QED) is 0.320. The molecule has 1 unspecified atom stereocenters. The Balaban J connectivity index is 1.21. The first-order valence-electron chi connectivity index (χ1n) is 13.5. The van der Waals surface area contributed by atoms with E-state index in [4.69, 9.17) is 18.9 Å². The molecule has 2 aromatic heterocycles. The van der Waals surface area contributed by atoms with Gasteiger partial charge >= 0.3 is 18.2 Å². The monoisotopic (exact) mass is 589 g/mol. The number of hydrogen-bond acceptors (Lipinski definition) is 9. The number of hydrogen-bond donors (Lipinski definition) is 1. The Kier molecular flexibility index (Phi) is 8.83. The van der Waals surface area contributed by atoms with Crippen LogP contribution >= 0.6 is 0 Å². The molecule has 10 nitrogen and oxygen atoms in total. The molecule has 1 fully saturated rings. The molecule has 0 radical (unpaired) electrons. The Bertz CT molecular complexity index is 1380. The van der Waals surface area contributed by atoms with Gasteiger partial charge in [-0.15, -0.1) is 0 Å². The molecule has 0 amide bonds. The van der Waals surface area contributed by atoms with Crippen molar-refractivity contribution in [1.29, 1.82) is 0 Å². The molecule has 1 atom stereocenters. The summed E-state index contributed by atoms with van der Waals surface area (Å²) in [6, 6.07) is 6.69. The lowest BCUT2D eigenvalue weighted by molar-refractivity contribution is -0.154. The lowest BCUT2D eigenvalue weighted by atomic mass is 9.91. The molecule has 42 heavy (non-hydrogen) atoms. The van der Waals surface area contributed by atoms with E-state index in [-0.39, 0.29) is 30.6 Å². The number of alkyl halides is 3. The van der Waals surface area contributed by atoms with Gasteiger partial charge in [0.15, 0.2) is 6.61 Å². The summed E-state index contributed by atoms with van der Waals surface area (Å²) >= 11 is 0. The standard InChI is InChI=1S/C29H30F3N3O7/c1-38-21-6-7-22(18-13-34-28(35-14-18)40-16-29(30,31)32)24(11-21)41-19-2-4-20(5-3-19)42-26-12-23-17(10-27(36)37)8-9-39-25(23)15-33-26/h6-7,11-15,17,19-20H,2-5,8-10,16H2,1H3,(H,36,37)/t17?,19-,20-. The van der Waals surface area contributed by atoms with Crippen molar-refractivity contribution in [2.24, 2.45) is 0 Å². The van der Waals surface area contributed by atoms with Crippen molar-refractivity contribution in [1.82, 2.24) is 15.0 Å². The van der Waals surface area contributed by atoms with E-state index in [0.717, 1.165) is 5.56 Å². The van der Waals surface area contributed by atoms with Crippen molar-refractivity contribution in [2.45, 2.75) is 62.8 Å². The molecule has 1 aliphatic heterocycles. The molecule has 1 aliphatic carbocycles. The van der Waals surface area contributed by atoms with Gasteiger partial charge < -0.3 is 28.8 Å². The van der Waals surface area contributed by atoms with E-state index in [9.17, 15) is 23.1 Å². The van der Waals surface area contributed by atoms with Gasteiger partial charge in [0.1, 0.15) is 23.4 Å². The van der Waals surface area contributed by atoms with Crippen molar-refractivity contribution in [3.8, 4) is 40.3 Å². The van der Waals surface area contributed by atoms with Gasteiger partial charge in [0.2, 0.25) is 5.88 Å². The normalized spacial score (nSPS) is 20.1. The lowest BCUT2D eigenvalue weighted by Crippen LogP contribution is -2.30. The first-order chi connectivity index (χ1) is 20.2. The van der Waals surface area contributed by atoms with Crippen LogP contribution in [0.4, 0.5) is 13.2 Å². The van der Waals surface area contributed by atoms with Crippen LogP contribution < -0.4 is 23.7 Å². The number of carboxylic acids is 1. The molecule has 1 saturated carbocycles. The number of benzene rings is 1. The van der Waals surface area contributed by atoms with Crippen LogP contribution in [-0.4, -0.2) is 64.7 Å². The van der Waals surface area contributed by atoms with E-state index in [1.807, 2.05) is 0 Å². The molecule has 5 rings (SSSR count). The number of carboxylic acid groups (broad SMARTS) is 1. The fourth-order valence-electron chi connectivity index (χ4n) is 5.09. The average Bonchev–Trinajstić information content (AvgIpc) is 2.97. The minimum atomic E-state index is -4.49. The summed E-state index contributed by atoms with van der Waals surface area (Å²) in [6.45, 7) is -1.02. The number of ether oxygens (including phenoxy) is 5. The highest BCUT2D eigenvalue weighted by molar-refractivity contribution is 5.70. The highest BCUT2D eigenvalue weighted by atomic mass is 19.4. The summed E-state index contributed by atoms with van der Waals surface area (Å²) in [7, 11) is 1.54. The van der Waals surface area contributed by atoms with E-state index >= 15 is 0 Å². The van der Waals surface area contributed by atoms with Gasteiger partial charge in [-0.1, -0.05) is 0 Å². The van der Waals surface area contributed by atoms with Crippen LogP contribution in [0.3, 0.4) is 0 Å². The maximum Gasteiger partial charge on any atom is 0.422 e. The number of pyridine rings is 1. The molecule has 3 aromatic rings. The zero-order valence-electron chi connectivity index (χ0n) is 22.8. The van der Waals surface area contributed by atoms with Crippen molar-refractivity contribution in [2.75, 3.05) is 20.3 Å². The van der Waals surface area contributed by atoms with Gasteiger partial charge in [-0.3, -0.25) is 4.79 Å². The second-order valence-electron chi connectivity index (χ2n) is 10.1. The largest absolute Gasteiger partial charge is 0.497 e. The Labute approximate surface area is 239 Å².